The Morgan fingerprint density at radius 1 is 0.984 bits per heavy atom. The van der Waals surface area contributed by atoms with E-state index in [-0.39, 0.29) is 35.8 Å². The van der Waals surface area contributed by atoms with E-state index in [9.17, 15) is 19.5 Å². The van der Waals surface area contributed by atoms with Crippen molar-refractivity contribution in [3.8, 4) is 0 Å². The monoisotopic (exact) mass is 862 g/mol. The fourth-order valence-electron chi connectivity index (χ4n) is 12.6. The minimum Gasteiger partial charge on any atom is -0.384 e. The molecule has 1 aliphatic carbocycles. The standard InChI is InChI=1S/C51H66N4O8/c1-8-10-11-13-18-30(3)25-31(4)23-24-39(57)52-36-28-51(42-40(61-42)50(60,27-32(5)56)41-43(51)62-41)63-46(36)55-37-22-17-16-21-34(37)49(48(6,7)9-2)29-38-44(58)53-35(45(59)54(38)47(49)55)26-33-19-14-12-15-20-33/h9,12,14-17,19-24,30-31,35-36,38,40-43,46-47,60H,2,8,10-11,13,18,25-29H2,1,3-7H3,(H,52,57)(H,53,58). The molecule has 1 spiro atoms. The van der Waals surface area contributed by atoms with E-state index in [1.807, 2.05) is 60.7 Å². The number of nitrogens with zero attached hydrogens (tertiary/aromatic N) is 2. The summed E-state index contributed by atoms with van der Waals surface area (Å²) in [6.07, 6.45) is 9.42. The van der Waals surface area contributed by atoms with Gasteiger partial charge in [0, 0.05) is 30.4 Å². The molecule has 3 N–H and O–H groups in total. The third-order valence-electron chi connectivity index (χ3n) is 15.8. The molecule has 12 nitrogen and oxygen atoms in total. The van der Waals surface area contributed by atoms with Crippen molar-refractivity contribution in [2.75, 3.05) is 4.90 Å². The van der Waals surface area contributed by atoms with E-state index >= 15 is 4.79 Å². The molecule has 2 aromatic carbocycles. The number of fused-ring (bicyclic) bond motifs is 9. The molecule has 3 amide bonds. The molecule has 0 bridgehead atoms. The number of unbranched alkanes of at least 4 members (excludes halogenated alkanes) is 3. The van der Waals surface area contributed by atoms with Crippen molar-refractivity contribution in [3.05, 3.63) is 90.5 Å². The number of nitrogens with one attached hydrogen (secondary N) is 2. The van der Waals surface area contributed by atoms with E-state index in [1.165, 1.54) is 39.0 Å². The predicted octanol–water partition coefficient (Wildman–Crippen LogP) is 6.04. The highest BCUT2D eigenvalue weighted by Crippen LogP contribution is 2.67. The van der Waals surface area contributed by atoms with Crippen molar-refractivity contribution in [2.24, 2.45) is 17.3 Å². The van der Waals surface area contributed by atoms with Crippen LogP contribution in [-0.4, -0.2) is 99.6 Å². The lowest BCUT2D eigenvalue weighted by molar-refractivity contribution is -0.150. The quantitative estimate of drug-likeness (QED) is 0.0748. The van der Waals surface area contributed by atoms with Gasteiger partial charge in [-0.2, -0.15) is 0 Å². The van der Waals surface area contributed by atoms with Crippen LogP contribution < -0.4 is 15.5 Å². The molecule has 63 heavy (non-hydrogen) atoms. The molecule has 1 saturated carbocycles. The van der Waals surface area contributed by atoms with Crippen molar-refractivity contribution >= 4 is 29.2 Å². The minimum atomic E-state index is -1.48. The summed E-state index contributed by atoms with van der Waals surface area (Å²) in [5, 5.41) is 18.3. The third-order valence-corrected chi connectivity index (χ3v) is 15.8. The molecule has 6 aliphatic heterocycles. The molecule has 338 valence electrons. The second kappa shape index (κ2) is 16.3. The van der Waals surface area contributed by atoms with Crippen molar-refractivity contribution in [1.29, 1.82) is 0 Å². The summed E-state index contributed by atoms with van der Waals surface area (Å²) in [5.41, 5.74) is -1.25. The third kappa shape index (κ3) is 7.18. The lowest BCUT2D eigenvalue weighted by Gasteiger charge is -2.48. The topological polar surface area (TPSA) is 153 Å². The molecule has 5 saturated heterocycles. The van der Waals surface area contributed by atoms with Gasteiger partial charge in [0.1, 0.15) is 59.7 Å². The predicted molar refractivity (Wildman–Crippen MR) is 238 cm³/mol. The number of amides is 3. The van der Waals surface area contributed by atoms with Crippen LogP contribution in [0, 0.1) is 17.3 Å². The van der Waals surface area contributed by atoms with Gasteiger partial charge in [-0.25, -0.2) is 0 Å². The van der Waals surface area contributed by atoms with Gasteiger partial charge in [0.05, 0.1) is 6.04 Å². The van der Waals surface area contributed by atoms with Crippen LogP contribution in [0.5, 0.6) is 0 Å². The summed E-state index contributed by atoms with van der Waals surface area (Å²) in [4.78, 5) is 60.1. The maximum atomic E-state index is 15.2. The Hall–Kier alpha value is -4.36. The molecule has 9 rings (SSSR count). The van der Waals surface area contributed by atoms with Gasteiger partial charge in [0.15, 0.2) is 6.23 Å². The van der Waals surface area contributed by atoms with E-state index in [2.05, 4.69) is 62.8 Å². The Bertz CT molecular complexity index is 2140. The average molecular weight is 863 g/mol. The van der Waals surface area contributed by atoms with Gasteiger partial charge in [-0.05, 0) is 60.3 Å². The lowest BCUT2D eigenvalue weighted by atomic mass is 9.60. The van der Waals surface area contributed by atoms with Crippen molar-refractivity contribution in [2.45, 2.75) is 177 Å². The van der Waals surface area contributed by atoms with Gasteiger partial charge in [-0.1, -0.05) is 127 Å². The Morgan fingerprint density at radius 3 is 2.37 bits per heavy atom. The summed E-state index contributed by atoms with van der Waals surface area (Å²) >= 11 is 0. The second-order valence-electron chi connectivity index (χ2n) is 20.5. The van der Waals surface area contributed by atoms with Gasteiger partial charge in [-0.15, -0.1) is 6.58 Å². The number of rotatable bonds is 17. The maximum absolute atomic E-state index is 15.2. The number of piperazine rings is 1. The van der Waals surface area contributed by atoms with Gasteiger partial charge in [0.25, 0.3) is 0 Å². The highest BCUT2D eigenvalue weighted by molar-refractivity contribution is 5.99. The molecule has 0 aromatic heterocycles. The van der Waals surface area contributed by atoms with Crippen molar-refractivity contribution in [1.82, 2.24) is 15.5 Å². The zero-order valence-corrected chi connectivity index (χ0v) is 37.8. The fourth-order valence-corrected chi connectivity index (χ4v) is 12.6. The minimum absolute atomic E-state index is 0.0965. The number of hydrogen-bond acceptors (Lipinski definition) is 9. The summed E-state index contributed by atoms with van der Waals surface area (Å²) in [6.45, 7) is 16.7. The summed E-state index contributed by atoms with van der Waals surface area (Å²) in [7, 11) is 0. The zero-order chi connectivity index (χ0) is 44.6. The molecule has 12 atom stereocenters. The van der Waals surface area contributed by atoms with Crippen LogP contribution >= 0.6 is 0 Å². The Balaban J connectivity index is 1.09. The first-order valence-electron chi connectivity index (χ1n) is 23.5. The molecule has 12 heteroatoms. The van der Waals surface area contributed by atoms with Gasteiger partial charge in [-0.3, -0.25) is 19.2 Å². The first-order valence-corrected chi connectivity index (χ1v) is 23.5. The van der Waals surface area contributed by atoms with Crippen LogP contribution in [0.15, 0.2) is 79.4 Å². The highest BCUT2D eigenvalue weighted by Gasteiger charge is 2.84. The summed E-state index contributed by atoms with van der Waals surface area (Å²) in [5.74, 6) is -0.0678. The largest absolute Gasteiger partial charge is 0.384 e. The zero-order valence-electron chi connectivity index (χ0n) is 37.8. The second-order valence-corrected chi connectivity index (χ2v) is 20.5. The smallest absolute Gasteiger partial charge is 0.247 e. The molecule has 7 aliphatic rings. The Labute approximate surface area is 372 Å². The number of epoxide rings is 2. The molecule has 12 unspecified atom stereocenters. The van der Waals surface area contributed by atoms with Crippen LogP contribution in [0.3, 0.4) is 0 Å². The van der Waals surface area contributed by atoms with Crippen LogP contribution in [-0.2, 0) is 45.2 Å². The molecular formula is C51H66N4O8. The van der Waals surface area contributed by atoms with Crippen LogP contribution in [0.4, 0.5) is 5.69 Å². The summed E-state index contributed by atoms with van der Waals surface area (Å²) < 4.78 is 20.0. The molecule has 6 heterocycles. The highest BCUT2D eigenvalue weighted by atomic mass is 16.7. The van der Waals surface area contributed by atoms with E-state index in [1.54, 1.807) is 11.0 Å². The molecule has 2 aromatic rings. The number of carbonyl (C=O) groups excluding carboxylic acids is 4. The van der Waals surface area contributed by atoms with Crippen molar-refractivity contribution in [3.63, 3.8) is 0 Å². The number of allylic oxidation sites excluding steroid dienone is 2. The molecule has 0 radical (unpaired) electrons. The summed E-state index contributed by atoms with van der Waals surface area (Å²) in [6, 6.07) is 15.6. The number of ether oxygens (including phenoxy) is 3. The van der Waals surface area contributed by atoms with Gasteiger partial charge >= 0.3 is 0 Å². The van der Waals surface area contributed by atoms with Crippen LogP contribution in [0.25, 0.3) is 0 Å². The lowest BCUT2D eigenvalue weighted by Crippen LogP contribution is -2.68. The van der Waals surface area contributed by atoms with E-state index in [4.69, 9.17) is 14.2 Å². The number of anilines is 1. The number of Topliss-reactive ketones (excluding diaryl/α,β-unsaturated/α-hetero) is 1. The van der Waals surface area contributed by atoms with Gasteiger partial charge < -0.3 is 39.8 Å². The molecule has 6 fully saturated rings. The number of aliphatic hydroxyl groups is 1. The normalized spacial score (nSPS) is 36.8. The van der Waals surface area contributed by atoms with Gasteiger partial charge in [0.2, 0.25) is 17.7 Å². The maximum Gasteiger partial charge on any atom is 0.247 e. The van der Waals surface area contributed by atoms with Crippen LogP contribution in [0.1, 0.15) is 110 Å². The van der Waals surface area contributed by atoms with Crippen LogP contribution in [0.2, 0.25) is 0 Å². The number of ketones is 1. The van der Waals surface area contributed by atoms with E-state index in [0.717, 1.165) is 23.2 Å². The number of hydrogen-bond donors (Lipinski definition) is 3. The Morgan fingerprint density at radius 2 is 1.68 bits per heavy atom. The van der Waals surface area contributed by atoms with E-state index in [0.29, 0.717) is 25.2 Å². The number of para-hydroxylation sites is 1. The van der Waals surface area contributed by atoms with E-state index < -0.39 is 77.0 Å². The fraction of sp³-hybridized carbons (Fsp3) is 0.608. The van der Waals surface area contributed by atoms with Crippen molar-refractivity contribution < 1.29 is 38.5 Å². The Kier molecular flexibility index (Phi) is 11.3. The first-order chi connectivity index (χ1) is 30.1. The number of carbonyl (C=O) groups is 4. The SMILES string of the molecule is C=CC(C)(C)C12CC3C(=O)NC(Cc4ccccc4)C(=O)N3C1N(C1OC3(CC1NC(=O)C=CC(C)CC(C)CCCCCC)C1OC1C(O)(CC(C)=O)C1OC13)c1ccccc12. The number of benzene rings is 2. The first kappa shape index (κ1) is 43.9. The molecular weight excluding hydrogens is 797 g/mol. The average Bonchev–Trinajstić information content (AvgIpc) is 4.16.